The van der Waals surface area contributed by atoms with E-state index < -0.39 is 5.56 Å². The van der Waals surface area contributed by atoms with Crippen LogP contribution in [0.3, 0.4) is 0 Å². The lowest BCUT2D eigenvalue weighted by Gasteiger charge is -2.34. The third-order valence-corrected chi connectivity index (χ3v) is 7.92. The largest absolute Gasteiger partial charge is 0.453 e. The Morgan fingerprint density at radius 3 is 2.45 bits per heavy atom. The standard InChI is InChI=1S/C32H30ClN5O4/c1-21(39)36-13-15-37(16-14-36)31(40)24-7-3-9-26(17-24)35-30-29(42-28-12-11-22-5-2-6-23(22)18-28)20-34-38(32(30)41)27-10-4-8-25(33)19-27/h3-4,7-12,17-20,35H,2,5-6,13-16H2,1H3. The summed E-state index contributed by atoms with van der Waals surface area (Å²) in [6, 6.07) is 19.9. The summed E-state index contributed by atoms with van der Waals surface area (Å²) in [5.74, 6) is 0.747. The normalized spacial score (nSPS) is 14.4. The summed E-state index contributed by atoms with van der Waals surface area (Å²) >= 11 is 6.20. The lowest BCUT2D eigenvalue weighted by Crippen LogP contribution is -2.50. The molecule has 9 nitrogen and oxygen atoms in total. The number of anilines is 2. The number of fused-ring (bicyclic) bond motifs is 1. The fourth-order valence-corrected chi connectivity index (χ4v) is 5.63. The quantitative estimate of drug-likeness (QED) is 0.334. The van der Waals surface area contributed by atoms with Gasteiger partial charge in [0, 0.05) is 49.4 Å². The smallest absolute Gasteiger partial charge is 0.299 e. The minimum Gasteiger partial charge on any atom is -0.453 e. The number of benzene rings is 3. The van der Waals surface area contributed by atoms with Crippen LogP contribution in [0.25, 0.3) is 5.69 Å². The number of nitrogens with one attached hydrogen (secondary N) is 1. The number of hydrogen-bond acceptors (Lipinski definition) is 6. The molecule has 0 radical (unpaired) electrons. The third-order valence-electron chi connectivity index (χ3n) is 7.68. The first-order chi connectivity index (χ1) is 20.4. The molecule has 1 fully saturated rings. The second-order valence-electron chi connectivity index (χ2n) is 10.5. The number of amides is 2. The van der Waals surface area contributed by atoms with Gasteiger partial charge in [-0.05, 0) is 78.9 Å². The monoisotopic (exact) mass is 583 g/mol. The van der Waals surface area contributed by atoms with Crippen molar-refractivity contribution in [2.24, 2.45) is 0 Å². The SMILES string of the molecule is CC(=O)N1CCN(C(=O)c2cccc(Nc3c(Oc4ccc5c(c4)CCC5)cnn(-c4cccc(Cl)c4)c3=O)c2)CC1. The number of carbonyl (C=O) groups is 2. The molecule has 10 heteroatoms. The summed E-state index contributed by atoms with van der Waals surface area (Å²) in [7, 11) is 0. The summed E-state index contributed by atoms with van der Waals surface area (Å²) in [5, 5.41) is 8.06. The number of rotatable bonds is 6. The lowest BCUT2D eigenvalue weighted by atomic mass is 10.1. The molecule has 2 heterocycles. The number of piperazine rings is 1. The highest BCUT2D eigenvalue weighted by Crippen LogP contribution is 2.32. The Labute approximate surface area is 248 Å². The van der Waals surface area contributed by atoms with Crippen LogP contribution in [-0.4, -0.2) is 57.6 Å². The van der Waals surface area contributed by atoms with E-state index in [0.29, 0.717) is 53.9 Å². The van der Waals surface area contributed by atoms with Crippen LogP contribution >= 0.6 is 11.6 Å². The van der Waals surface area contributed by atoms with Gasteiger partial charge >= 0.3 is 0 Å². The molecule has 0 atom stereocenters. The highest BCUT2D eigenvalue weighted by Gasteiger charge is 2.24. The lowest BCUT2D eigenvalue weighted by molar-refractivity contribution is -0.130. The minimum absolute atomic E-state index is 0.00647. The van der Waals surface area contributed by atoms with E-state index in [4.69, 9.17) is 16.3 Å². The highest BCUT2D eigenvalue weighted by molar-refractivity contribution is 6.30. The first-order valence-electron chi connectivity index (χ1n) is 14.0. The molecule has 0 spiro atoms. The zero-order valence-corrected chi connectivity index (χ0v) is 23.9. The van der Waals surface area contributed by atoms with Gasteiger partial charge in [-0.3, -0.25) is 14.4 Å². The van der Waals surface area contributed by atoms with E-state index in [1.54, 1.807) is 58.3 Å². The molecule has 0 saturated carbocycles. The molecule has 42 heavy (non-hydrogen) atoms. The second-order valence-corrected chi connectivity index (χ2v) is 10.9. The minimum atomic E-state index is -0.437. The van der Waals surface area contributed by atoms with Crippen LogP contribution in [0.2, 0.25) is 5.02 Å². The number of hydrogen-bond donors (Lipinski definition) is 1. The van der Waals surface area contributed by atoms with Gasteiger partial charge in [0.05, 0.1) is 11.9 Å². The Hall–Kier alpha value is -4.63. The Balaban J connectivity index is 1.32. The molecule has 2 amide bonds. The zero-order valence-electron chi connectivity index (χ0n) is 23.2. The molecule has 3 aromatic carbocycles. The number of aromatic nitrogens is 2. The van der Waals surface area contributed by atoms with E-state index in [1.165, 1.54) is 28.9 Å². The van der Waals surface area contributed by atoms with Crippen molar-refractivity contribution in [2.75, 3.05) is 31.5 Å². The first-order valence-corrected chi connectivity index (χ1v) is 14.3. The number of aryl methyl sites for hydroxylation is 2. The van der Waals surface area contributed by atoms with Crippen LogP contribution in [0.15, 0.2) is 77.7 Å². The molecule has 1 aromatic heterocycles. The van der Waals surface area contributed by atoms with Gasteiger partial charge in [0.1, 0.15) is 5.75 Å². The maximum atomic E-state index is 13.8. The molecule has 6 rings (SSSR count). The van der Waals surface area contributed by atoms with Crippen LogP contribution in [0.4, 0.5) is 11.4 Å². The van der Waals surface area contributed by atoms with Crippen LogP contribution in [0.5, 0.6) is 11.5 Å². The van der Waals surface area contributed by atoms with Gasteiger partial charge in [-0.25, -0.2) is 0 Å². The van der Waals surface area contributed by atoms with Crippen LogP contribution in [-0.2, 0) is 17.6 Å². The number of ether oxygens (including phenoxy) is 1. The summed E-state index contributed by atoms with van der Waals surface area (Å²) in [6.45, 7) is 3.46. The van der Waals surface area contributed by atoms with E-state index >= 15 is 0 Å². The Morgan fingerprint density at radius 2 is 1.67 bits per heavy atom. The second kappa shape index (κ2) is 11.7. The maximum Gasteiger partial charge on any atom is 0.299 e. The molecule has 2 aliphatic rings. The zero-order chi connectivity index (χ0) is 29.2. The van der Waals surface area contributed by atoms with E-state index in [2.05, 4.69) is 16.5 Å². The Bertz CT molecular complexity index is 1730. The number of nitrogens with zero attached hydrogens (tertiary/aromatic N) is 4. The van der Waals surface area contributed by atoms with Gasteiger partial charge in [-0.2, -0.15) is 9.78 Å². The van der Waals surface area contributed by atoms with Gasteiger partial charge in [0.2, 0.25) is 5.91 Å². The van der Waals surface area contributed by atoms with Gasteiger partial charge in [0.15, 0.2) is 11.4 Å². The average Bonchev–Trinajstić information content (AvgIpc) is 3.47. The average molecular weight is 584 g/mol. The number of carbonyl (C=O) groups excluding carboxylic acids is 2. The van der Waals surface area contributed by atoms with Crippen molar-refractivity contribution in [1.29, 1.82) is 0 Å². The highest BCUT2D eigenvalue weighted by atomic mass is 35.5. The third kappa shape index (κ3) is 5.73. The summed E-state index contributed by atoms with van der Waals surface area (Å²) in [4.78, 5) is 42.3. The summed E-state index contributed by atoms with van der Waals surface area (Å²) in [6.07, 6.45) is 4.67. The van der Waals surface area contributed by atoms with Crippen molar-refractivity contribution in [3.05, 3.63) is 105 Å². The van der Waals surface area contributed by atoms with Gasteiger partial charge in [-0.15, -0.1) is 0 Å². The van der Waals surface area contributed by atoms with E-state index in [9.17, 15) is 14.4 Å². The maximum absolute atomic E-state index is 13.8. The summed E-state index contributed by atoms with van der Waals surface area (Å²) in [5.41, 5.74) is 3.83. The molecule has 1 N–H and O–H groups in total. The Morgan fingerprint density at radius 1 is 0.905 bits per heavy atom. The predicted molar refractivity (Wildman–Crippen MR) is 161 cm³/mol. The van der Waals surface area contributed by atoms with E-state index in [0.717, 1.165) is 19.3 Å². The van der Waals surface area contributed by atoms with Crippen LogP contribution in [0.1, 0.15) is 34.8 Å². The van der Waals surface area contributed by atoms with Crippen molar-refractivity contribution < 1.29 is 14.3 Å². The topological polar surface area (TPSA) is 96.8 Å². The van der Waals surface area contributed by atoms with Crippen LogP contribution < -0.4 is 15.6 Å². The van der Waals surface area contributed by atoms with Crippen molar-refractivity contribution in [2.45, 2.75) is 26.2 Å². The molecule has 1 saturated heterocycles. The first kappa shape index (κ1) is 27.5. The molecule has 0 unspecified atom stereocenters. The molecule has 1 aliphatic heterocycles. The molecule has 4 aromatic rings. The Kier molecular flexibility index (Phi) is 7.67. The summed E-state index contributed by atoms with van der Waals surface area (Å²) < 4.78 is 7.49. The molecule has 0 bridgehead atoms. The van der Waals surface area contributed by atoms with Crippen molar-refractivity contribution >= 4 is 34.8 Å². The van der Waals surface area contributed by atoms with E-state index in [-0.39, 0.29) is 23.3 Å². The molecular formula is C32H30ClN5O4. The fourth-order valence-electron chi connectivity index (χ4n) is 5.44. The predicted octanol–water partition coefficient (Wildman–Crippen LogP) is 5.21. The van der Waals surface area contributed by atoms with Crippen molar-refractivity contribution in [3.8, 4) is 17.2 Å². The fraction of sp³-hybridized carbons (Fsp3) is 0.250. The number of halogens is 1. The van der Waals surface area contributed by atoms with Crippen LogP contribution in [0, 0.1) is 0 Å². The van der Waals surface area contributed by atoms with E-state index in [1.807, 2.05) is 12.1 Å². The molecular weight excluding hydrogens is 554 g/mol. The molecule has 214 valence electrons. The molecule has 1 aliphatic carbocycles. The van der Waals surface area contributed by atoms with Crippen molar-refractivity contribution in [1.82, 2.24) is 19.6 Å². The van der Waals surface area contributed by atoms with Gasteiger partial charge in [0.25, 0.3) is 11.5 Å². The van der Waals surface area contributed by atoms with Gasteiger partial charge in [-0.1, -0.05) is 29.8 Å². The van der Waals surface area contributed by atoms with Crippen molar-refractivity contribution in [3.63, 3.8) is 0 Å². The van der Waals surface area contributed by atoms with Gasteiger partial charge < -0.3 is 19.9 Å².